The highest BCUT2D eigenvalue weighted by molar-refractivity contribution is 8.15. The van der Waals surface area contributed by atoms with E-state index in [1.54, 1.807) is 30.3 Å². The van der Waals surface area contributed by atoms with Crippen LogP contribution in [0.15, 0.2) is 78.9 Å². The number of fused-ring (bicyclic) bond motifs is 1. The summed E-state index contributed by atoms with van der Waals surface area (Å²) in [5.74, 6) is -0.284. The molecule has 0 spiro atoms. The summed E-state index contributed by atoms with van der Waals surface area (Å²) in [6.07, 6.45) is -3.00. The monoisotopic (exact) mass is 408 g/mol. The topological polar surface area (TPSA) is 58.6 Å². The predicted molar refractivity (Wildman–Crippen MR) is 112 cm³/mol. The number of nitrogens with zero attached hydrogens (tertiary/aromatic N) is 1. The van der Waals surface area contributed by atoms with E-state index in [1.165, 1.54) is 0 Å². The molecule has 1 aliphatic rings. The van der Waals surface area contributed by atoms with E-state index < -0.39 is 18.2 Å². The van der Waals surface area contributed by atoms with Gasteiger partial charge in [0, 0.05) is 5.30 Å². The van der Waals surface area contributed by atoms with Crippen LogP contribution in [0.5, 0.6) is 5.75 Å². The number of aryl methyl sites for hydroxylation is 1. The molecule has 4 rings (SSSR count). The lowest BCUT2D eigenvalue weighted by Crippen LogP contribution is -2.43. The summed E-state index contributed by atoms with van der Waals surface area (Å²) in [6.45, 7) is 1.95. The Kier molecular flexibility index (Phi) is 4.85. The Hall–Kier alpha value is -2.79. The molecule has 0 aromatic heterocycles. The van der Waals surface area contributed by atoms with E-state index in [0.29, 0.717) is 22.2 Å². The van der Waals surface area contributed by atoms with Crippen molar-refractivity contribution in [2.45, 2.75) is 6.92 Å². The molecule has 1 N–H and O–H groups in total. The number of hydrazine groups is 1. The SMILES string of the molecule is Cc1cccc(OP(=S)(NN2C(=O)c3ccccc3C2=O)c2ccccc2)c1. The molecule has 1 atom stereocenters. The van der Waals surface area contributed by atoms with E-state index in [-0.39, 0.29) is 0 Å². The van der Waals surface area contributed by atoms with Crippen molar-refractivity contribution in [3.8, 4) is 5.75 Å². The molecule has 0 aliphatic carbocycles. The average Bonchev–Trinajstić information content (AvgIpc) is 2.94. The maximum Gasteiger partial charge on any atom is 0.276 e. The van der Waals surface area contributed by atoms with Gasteiger partial charge in [0.25, 0.3) is 11.8 Å². The Bertz CT molecular complexity index is 1080. The molecule has 0 fully saturated rings. The van der Waals surface area contributed by atoms with Gasteiger partial charge >= 0.3 is 0 Å². The minimum Gasteiger partial charge on any atom is -0.448 e. The molecule has 1 heterocycles. The zero-order valence-electron chi connectivity index (χ0n) is 15.0. The lowest BCUT2D eigenvalue weighted by atomic mass is 10.1. The van der Waals surface area contributed by atoms with Crippen molar-refractivity contribution < 1.29 is 14.1 Å². The van der Waals surface area contributed by atoms with E-state index in [9.17, 15) is 9.59 Å². The maximum atomic E-state index is 12.8. The van der Waals surface area contributed by atoms with Crippen LogP contribution in [0.3, 0.4) is 0 Å². The van der Waals surface area contributed by atoms with Gasteiger partial charge in [-0.05, 0) is 60.7 Å². The van der Waals surface area contributed by atoms with E-state index in [2.05, 4.69) is 5.20 Å². The number of nitrogens with one attached hydrogen (secondary N) is 1. The summed E-state index contributed by atoms with van der Waals surface area (Å²) < 4.78 is 6.19. The van der Waals surface area contributed by atoms with E-state index in [0.717, 1.165) is 10.6 Å². The Labute approximate surface area is 168 Å². The number of carbonyl (C=O) groups excluding carboxylic acids is 2. The molecule has 1 unspecified atom stereocenters. The minimum absolute atomic E-state index is 0.352. The summed E-state index contributed by atoms with van der Waals surface area (Å²) in [7, 11) is 0. The van der Waals surface area contributed by atoms with E-state index in [4.69, 9.17) is 16.3 Å². The second kappa shape index (κ2) is 7.32. The van der Waals surface area contributed by atoms with Gasteiger partial charge in [-0.3, -0.25) is 9.59 Å². The van der Waals surface area contributed by atoms with Gasteiger partial charge in [-0.15, -0.1) is 0 Å². The number of hydrogen-bond acceptors (Lipinski definition) is 4. The van der Waals surface area contributed by atoms with E-state index >= 15 is 0 Å². The van der Waals surface area contributed by atoms with Gasteiger partial charge in [0.2, 0.25) is 6.42 Å². The highest BCUT2D eigenvalue weighted by atomic mass is 32.4. The normalized spacial score (nSPS) is 15.2. The first-order chi connectivity index (χ1) is 13.5. The number of carbonyl (C=O) groups is 2. The van der Waals surface area contributed by atoms with Crippen LogP contribution in [-0.2, 0) is 11.8 Å². The van der Waals surface area contributed by atoms with Gasteiger partial charge in [-0.1, -0.05) is 42.5 Å². The Morgan fingerprint density at radius 1 is 0.857 bits per heavy atom. The molecule has 28 heavy (non-hydrogen) atoms. The smallest absolute Gasteiger partial charge is 0.276 e. The number of imide groups is 1. The molecule has 0 radical (unpaired) electrons. The van der Waals surface area contributed by atoms with Crippen molar-refractivity contribution >= 4 is 35.3 Å². The first kappa shape index (κ1) is 18.6. The van der Waals surface area contributed by atoms with Crippen molar-refractivity contribution in [3.05, 3.63) is 95.6 Å². The van der Waals surface area contributed by atoms with Crippen LogP contribution >= 0.6 is 6.42 Å². The zero-order chi connectivity index (χ0) is 19.7. The standard InChI is InChI=1S/C21H17N2O3PS/c1-15-8-7-9-16(14-15)26-27(28,17-10-3-2-4-11-17)22-23-20(24)18-12-5-6-13-19(18)21(23)25/h2-14H,1H3,(H,22,28). The van der Waals surface area contributed by atoms with Gasteiger partial charge in [0.15, 0.2) is 0 Å². The fraction of sp³-hybridized carbons (Fsp3) is 0.0476. The zero-order valence-corrected chi connectivity index (χ0v) is 16.7. The van der Waals surface area contributed by atoms with Crippen LogP contribution in [0.25, 0.3) is 0 Å². The first-order valence-electron chi connectivity index (χ1n) is 8.65. The van der Waals surface area contributed by atoms with Gasteiger partial charge in [-0.2, -0.15) is 10.2 Å². The molecular formula is C21H17N2O3PS. The molecular weight excluding hydrogens is 391 g/mol. The van der Waals surface area contributed by atoms with Crippen molar-refractivity contribution in [3.63, 3.8) is 0 Å². The molecule has 5 nitrogen and oxygen atoms in total. The fourth-order valence-corrected chi connectivity index (χ4v) is 5.54. The van der Waals surface area contributed by atoms with Crippen LogP contribution in [-0.4, -0.2) is 16.8 Å². The molecule has 0 bridgehead atoms. The Morgan fingerprint density at radius 3 is 2.07 bits per heavy atom. The summed E-state index contributed by atoms with van der Waals surface area (Å²) in [5, 5.41) is 4.65. The summed E-state index contributed by atoms with van der Waals surface area (Å²) in [4.78, 5) is 25.6. The fourth-order valence-electron chi connectivity index (χ4n) is 2.99. The molecule has 3 aromatic carbocycles. The van der Waals surface area contributed by atoms with Gasteiger partial charge in [0.1, 0.15) is 5.75 Å². The first-order valence-corrected chi connectivity index (χ1v) is 11.4. The van der Waals surface area contributed by atoms with Crippen LogP contribution in [0.1, 0.15) is 26.3 Å². The van der Waals surface area contributed by atoms with Crippen molar-refractivity contribution in [1.29, 1.82) is 0 Å². The minimum atomic E-state index is -3.00. The summed E-state index contributed by atoms with van der Waals surface area (Å²) >= 11 is 5.88. The maximum absolute atomic E-state index is 12.8. The summed E-state index contributed by atoms with van der Waals surface area (Å²) in [6, 6.07) is 23.5. The number of amides is 2. The third-order valence-electron chi connectivity index (χ3n) is 4.35. The van der Waals surface area contributed by atoms with Crippen molar-refractivity contribution in [2.24, 2.45) is 0 Å². The number of rotatable bonds is 5. The second-order valence-corrected chi connectivity index (χ2v) is 9.93. The van der Waals surface area contributed by atoms with Gasteiger partial charge < -0.3 is 4.52 Å². The van der Waals surface area contributed by atoms with E-state index in [1.807, 2.05) is 55.5 Å². The predicted octanol–water partition coefficient (Wildman–Crippen LogP) is 3.81. The molecule has 3 aromatic rings. The van der Waals surface area contributed by atoms with Gasteiger partial charge in [0.05, 0.1) is 11.1 Å². The van der Waals surface area contributed by atoms with Crippen LogP contribution in [0.4, 0.5) is 0 Å². The van der Waals surface area contributed by atoms with Crippen molar-refractivity contribution in [1.82, 2.24) is 10.2 Å². The molecule has 1 aliphatic heterocycles. The molecule has 2 amide bonds. The van der Waals surface area contributed by atoms with Gasteiger partial charge in [-0.25, -0.2) is 0 Å². The largest absolute Gasteiger partial charge is 0.448 e. The quantitative estimate of drug-likeness (QED) is 0.514. The second-order valence-electron chi connectivity index (χ2n) is 6.39. The Balaban J connectivity index is 1.72. The van der Waals surface area contributed by atoms with Crippen molar-refractivity contribution in [2.75, 3.05) is 0 Å². The third kappa shape index (κ3) is 3.38. The molecule has 0 saturated heterocycles. The Morgan fingerprint density at radius 2 is 1.46 bits per heavy atom. The average molecular weight is 408 g/mol. The third-order valence-corrected chi connectivity index (χ3v) is 7.36. The van der Waals surface area contributed by atoms with Crippen LogP contribution in [0.2, 0.25) is 0 Å². The van der Waals surface area contributed by atoms with Crippen LogP contribution < -0.4 is 15.0 Å². The van der Waals surface area contributed by atoms with Crippen LogP contribution in [0, 0.1) is 6.92 Å². The highest BCUT2D eigenvalue weighted by Crippen LogP contribution is 2.44. The number of benzene rings is 3. The molecule has 7 heteroatoms. The lowest BCUT2D eigenvalue weighted by molar-refractivity contribution is 0.0618. The number of hydrogen-bond donors (Lipinski definition) is 1. The highest BCUT2D eigenvalue weighted by Gasteiger charge is 2.39. The molecule has 0 saturated carbocycles. The molecule has 140 valence electrons. The lowest BCUT2D eigenvalue weighted by Gasteiger charge is -2.28. The summed E-state index contributed by atoms with van der Waals surface area (Å²) in [5.41, 5.74) is 1.73.